The molecular weight excluding hydrogens is 222 g/mol. The third-order valence-corrected chi connectivity index (χ3v) is 1.65. The van der Waals surface area contributed by atoms with Crippen molar-refractivity contribution in [2.75, 3.05) is 0 Å². The smallest absolute Gasteiger partial charge is 0.406 e. The summed E-state index contributed by atoms with van der Waals surface area (Å²) in [6, 6.07) is 0.661. The Labute approximate surface area is 81.1 Å². The first-order valence-electron chi connectivity index (χ1n) is 3.25. The van der Waals surface area contributed by atoms with Crippen molar-refractivity contribution in [2.24, 2.45) is 0 Å². The SMILES string of the molecule is O=[N+]([O-])c1nc(C(F)F)c(Cl)cc1O. The number of hydrogen-bond acceptors (Lipinski definition) is 4. The van der Waals surface area contributed by atoms with Gasteiger partial charge in [-0.2, -0.15) is 0 Å². The minimum Gasteiger partial charge on any atom is -0.501 e. The second-order valence-corrected chi connectivity index (χ2v) is 2.66. The Morgan fingerprint density at radius 1 is 1.64 bits per heavy atom. The summed E-state index contributed by atoms with van der Waals surface area (Å²) in [7, 11) is 0. The molecule has 0 aliphatic heterocycles. The molecule has 0 saturated carbocycles. The van der Waals surface area contributed by atoms with Crippen molar-refractivity contribution in [1.29, 1.82) is 0 Å². The lowest BCUT2D eigenvalue weighted by molar-refractivity contribution is -0.390. The van der Waals surface area contributed by atoms with E-state index in [1.54, 1.807) is 0 Å². The van der Waals surface area contributed by atoms with Crippen LogP contribution in [0.2, 0.25) is 5.02 Å². The molecule has 0 aliphatic carbocycles. The first-order chi connectivity index (χ1) is 6.43. The summed E-state index contributed by atoms with van der Waals surface area (Å²) >= 11 is 5.28. The first kappa shape index (κ1) is 10.6. The molecule has 0 aliphatic rings. The molecule has 1 N–H and O–H groups in total. The molecule has 5 nitrogen and oxygen atoms in total. The number of pyridine rings is 1. The zero-order valence-electron chi connectivity index (χ0n) is 6.45. The third-order valence-electron chi connectivity index (χ3n) is 1.34. The summed E-state index contributed by atoms with van der Waals surface area (Å²) in [4.78, 5) is 12.1. The molecule has 76 valence electrons. The van der Waals surface area contributed by atoms with Crippen molar-refractivity contribution in [2.45, 2.75) is 6.43 Å². The fourth-order valence-corrected chi connectivity index (χ4v) is 0.999. The fourth-order valence-electron chi connectivity index (χ4n) is 0.771. The monoisotopic (exact) mass is 224 g/mol. The highest BCUT2D eigenvalue weighted by molar-refractivity contribution is 6.31. The Morgan fingerprint density at radius 3 is 2.64 bits per heavy atom. The van der Waals surface area contributed by atoms with Gasteiger partial charge in [0.2, 0.25) is 11.4 Å². The van der Waals surface area contributed by atoms with Crippen LogP contribution in [0.25, 0.3) is 0 Å². The van der Waals surface area contributed by atoms with E-state index in [0.717, 1.165) is 0 Å². The van der Waals surface area contributed by atoms with Crippen molar-refractivity contribution in [1.82, 2.24) is 4.98 Å². The van der Waals surface area contributed by atoms with Crippen LogP contribution in [0.15, 0.2) is 6.07 Å². The summed E-state index contributed by atoms with van der Waals surface area (Å²) in [5.41, 5.74) is -0.920. The fraction of sp³-hybridized carbons (Fsp3) is 0.167. The standard InChI is InChI=1S/C6H3ClF2N2O3/c7-2-1-3(12)6(11(13)14)10-4(2)5(8)9/h1,5,12H. The van der Waals surface area contributed by atoms with Crippen LogP contribution in [0.3, 0.4) is 0 Å². The highest BCUT2D eigenvalue weighted by Gasteiger charge is 2.26. The molecule has 0 radical (unpaired) electrons. The zero-order valence-corrected chi connectivity index (χ0v) is 7.20. The van der Waals surface area contributed by atoms with Crippen molar-refractivity contribution >= 4 is 17.4 Å². The van der Waals surface area contributed by atoms with Crippen LogP contribution in [0.4, 0.5) is 14.6 Å². The number of aromatic nitrogens is 1. The number of rotatable bonds is 2. The van der Waals surface area contributed by atoms with Crippen LogP contribution < -0.4 is 0 Å². The third kappa shape index (κ3) is 1.87. The molecule has 0 spiro atoms. The predicted molar refractivity (Wildman–Crippen MR) is 42.5 cm³/mol. The molecule has 0 atom stereocenters. The van der Waals surface area contributed by atoms with E-state index in [1.165, 1.54) is 0 Å². The van der Waals surface area contributed by atoms with Gasteiger partial charge in [-0.15, -0.1) is 0 Å². The Morgan fingerprint density at radius 2 is 2.21 bits per heavy atom. The molecule has 0 amide bonds. The van der Waals surface area contributed by atoms with Gasteiger partial charge in [0, 0.05) is 6.07 Å². The summed E-state index contributed by atoms with van der Waals surface area (Å²) in [6.45, 7) is 0. The Balaban J connectivity index is 3.34. The van der Waals surface area contributed by atoms with Crippen molar-refractivity contribution < 1.29 is 18.8 Å². The van der Waals surface area contributed by atoms with Gasteiger partial charge in [-0.3, -0.25) is 0 Å². The topological polar surface area (TPSA) is 76.3 Å². The van der Waals surface area contributed by atoms with E-state index in [1.807, 2.05) is 0 Å². The highest BCUT2D eigenvalue weighted by Crippen LogP contribution is 2.33. The minimum atomic E-state index is -3.03. The summed E-state index contributed by atoms with van der Waals surface area (Å²) < 4.78 is 24.3. The van der Waals surface area contributed by atoms with Gasteiger partial charge in [0.05, 0.1) is 5.02 Å². The first-order valence-corrected chi connectivity index (χ1v) is 3.63. The molecule has 14 heavy (non-hydrogen) atoms. The second kappa shape index (κ2) is 3.70. The summed E-state index contributed by atoms with van der Waals surface area (Å²) in [5.74, 6) is -1.88. The average molecular weight is 225 g/mol. The molecule has 0 unspecified atom stereocenters. The molecule has 1 aromatic heterocycles. The molecule has 0 fully saturated rings. The van der Waals surface area contributed by atoms with Gasteiger partial charge in [0.1, 0.15) is 0 Å². The van der Waals surface area contributed by atoms with Crippen LogP contribution in [0, 0.1) is 10.1 Å². The van der Waals surface area contributed by atoms with E-state index in [-0.39, 0.29) is 0 Å². The highest BCUT2D eigenvalue weighted by atomic mass is 35.5. The van der Waals surface area contributed by atoms with E-state index in [9.17, 15) is 18.9 Å². The number of nitrogens with zero attached hydrogens (tertiary/aromatic N) is 2. The molecule has 1 heterocycles. The Bertz CT molecular complexity index is 386. The zero-order chi connectivity index (χ0) is 10.9. The van der Waals surface area contributed by atoms with Crippen molar-refractivity contribution in [3.63, 3.8) is 0 Å². The quantitative estimate of drug-likeness (QED) is 0.618. The molecule has 0 bridgehead atoms. The van der Waals surface area contributed by atoms with Crippen LogP contribution in [0.5, 0.6) is 5.75 Å². The van der Waals surface area contributed by atoms with E-state index in [2.05, 4.69) is 4.98 Å². The lowest BCUT2D eigenvalue weighted by Gasteiger charge is -1.99. The summed E-state index contributed by atoms with van der Waals surface area (Å²) in [6.07, 6.45) is -3.03. The van der Waals surface area contributed by atoms with Gasteiger partial charge in [-0.25, -0.2) is 8.78 Å². The minimum absolute atomic E-state index is 0.511. The predicted octanol–water partition coefficient (Wildman–Crippen LogP) is 2.29. The molecule has 0 aromatic carbocycles. The van der Waals surface area contributed by atoms with E-state index < -0.39 is 33.6 Å². The van der Waals surface area contributed by atoms with Crippen molar-refractivity contribution in [3.8, 4) is 5.75 Å². The number of hydrogen-bond donors (Lipinski definition) is 1. The van der Waals surface area contributed by atoms with Crippen molar-refractivity contribution in [3.05, 3.63) is 26.9 Å². The van der Waals surface area contributed by atoms with Crippen LogP contribution in [-0.2, 0) is 0 Å². The number of aromatic hydroxyl groups is 1. The lowest BCUT2D eigenvalue weighted by Crippen LogP contribution is -1.98. The normalized spacial score (nSPS) is 10.6. The Kier molecular flexibility index (Phi) is 2.80. The van der Waals surface area contributed by atoms with Gasteiger partial charge in [0.15, 0.2) is 0 Å². The maximum absolute atomic E-state index is 12.2. The maximum Gasteiger partial charge on any atom is 0.406 e. The van der Waals surface area contributed by atoms with E-state index >= 15 is 0 Å². The maximum atomic E-state index is 12.2. The molecular formula is C6H3ClF2N2O3. The molecule has 1 aromatic rings. The van der Waals surface area contributed by atoms with Gasteiger partial charge in [-0.05, 0) is 9.91 Å². The van der Waals surface area contributed by atoms with Crippen LogP contribution in [0.1, 0.15) is 12.1 Å². The molecule has 8 heteroatoms. The van der Waals surface area contributed by atoms with Gasteiger partial charge in [0.25, 0.3) is 0 Å². The molecule has 1 rings (SSSR count). The Hall–Kier alpha value is -1.50. The number of halogens is 3. The number of nitro groups is 1. The van der Waals surface area contributed by atoms with Gasteiger partial charge < -0.3 is 15.2 Å². The molecule has 0 saturated heterocycles. The van der Waals surface area contributed by atoms with Crippen LogP contribution in [-0.4, -0.2) is 15.0 Å². The second-order valence-electron chi connectivity index (χ2n) is 2.26. The summed E-state index contributed by atoms with van der Waals surface area (Å²) in [5, 5.41) is 18.6. The van der Waals surface area contributed by atoms with Crippen LogP contribution >= 0.6 is 11.6 Å². The van der Waals surface area contributed by atoms with Gasteiger partial charge in [-0.1, -0.05) is 11.6 Å². The van der Waals surface area contributed by atoms with Gasteiger partial charge >= 0.3 is 12.2 Å². The van der Waals surface area contributed by atoms with E-state index in [4.69, 9.17) is 16.7 Å². The lowest BCUT2D eigenvalue weighted by atomic mass is 10.3. The average Bonchev–Trinajstić information content (AvgIpc) is 2.02. The number of alkyl halides is 2. The van der Waals surface area contributed by atoms with E-state index in [0.29, 0.717) is 6.07 Å². The largest absolute Gasteiger partial charge is 0.501 e.